The molecule has 0 saturated carbocycles. The minimum absolute atomic E-state index is 0.00803. The van der Waals surface area contributed by atoms with E-state index in [2.05, 4.69) is 5.32 Å². The standard InChI is InChI=1S/C18H17ClFNO3/c1-12-3-2-4-13(7-12)9-18(23)24-11-17(22)21-10-14-5-6-16(20)15(19)8-14/h2-8H,9-11H2,1H3,(H,21,22). The molecule has 0 fully saturated rings. The van der Waals surface area contributed by atoms with Crippen LogP contribution in [-0.4, -0.2) is 18.5 Å². The highest BCUT2D eigenvalue weighted by Crippen LogP contribution is 2.15. The Hall–Kier alpha value is -2.40. The Morgan fingerprint density at radius 2 is 1.96 bits per heavy atom. The van der Waals surface area contributed by atoms with E-state index in [0.29, 0.717) is 5.56 Å². The zero-order chi connectivity index (χ0) is 17.5. The van der Waals surface area contributed by atoms with Crippen molar-refractivity contribution in [1.82, 2.24) is 5.32 Å². The Labute approximate surface area is 144 Å². The summed E-state index contributed by atoms with van der Waals surface area (Å²) in [6, 6.07) is 11.7. The highest BCUT2D eigenvalue weighted by molar-refractivity contribution is 6.30. The van der Waals surface area contributed by atoms with Crippen LogP contribution in [0.15, 0.2) is 42.5 Å². The van der Waals surface area contributed by atoms with E-state index in [1.165, 1.54) is 18.2 Å². The van der Waals surface area contributed by atoms with Crippen LogP contribution in [-0.2, 0) is 27.3 Å². The lowest BCUT2D eigenvalue weighted by atomic mass is 10.1. The topological polar surface area (TPSA) is 55.4 Å². The number of hydrogen-bond acceptors (Lipinski definition) is 3. The molecule has 0 saturated heterocycles. The van der Waals surface area contributed by atoms with Gasteiger partial charge in [-0.05, 0) is 30.2 Å². The van der Waals surface area contributed by atoms with Gasteiger partial charge < -0.3 is 10.1 Å². The molecule has 2 aromatic carbocycles. The van der Waals surface area contributed by atoms with Gasteiger partial charge in [0, 0.05) is 6.54 Å². The lowest BCUT2D eigenvalue weighted by Crippen LogP contribution is -2.28. The molecule has 2 rings (SSSR count). The fraction of sp³-hybridized carbons (Fsp3) is 0.222. The van der Waals surface area contributed by atoms with Crippen molar-refractivity contribution < 1.29 is 18.7 Å². The zero-order valence-corrected chi connectivity index (χ0v) is 13.9. The van der Waals surface area contributed by atoms with Gasteiger partial charge in [-0.1, -0.05) is 47.5 Å². The normalized spacial score (nSPS) is 10.3. The van der Waals surface area contributed by atoms with E-state index in [1.54, 1.807) is 0 Å². The molecule has 126 valence electrons. The minimum Gasteiger partial charge on any atom is -0.455 e. The first-order valence-corrected chi connectivity index (χ1v) is 7.73. The monoisotopic (exact) mass is 349 g/mol. The molecule has 0 aliphatic heterocycles. The molecule has 4 nitrogen and oxygen atoms in total. The minimum atomic E-state index is -0.517. The van der Waals surface area contributed by atoms with Crippen LogP contribution in [0.3, 0.4) is 0 Å². The average molecular weight is 350 g/mol. The number of carbonyl (C=O) groups excluding carboxylic acids is 2. The van der Waals surface area contributed by atoms with E-state index < -0.39 is 17.7 Å². The van der Waals surface area contributed by atoms with E-state index in [-0.39, 0.29) is 24.6 Å². The van der Waals surface area contributed by atoms with Crippen molar-refractivity contribution in [2.45, 2.75) is 19.9 Å². The van der Waals surface area contributed by atoms with Gasteiger partial charge in [-0.2, -0.15) is 0 Å². The molecule has 0 aliphatic rings. The molecule has 0 aliphatic carbocycles. The van der Waals surface area contributed by atoms with Gasteiger partial charge in [-0.25, -0.2) is 4.39 Å². The van der Waals surface area contributed by atoms with Gasteiger partial charge in [0.15, 0.2) is 6.61 Å². The Morgan fingerprint density at radius 1 is 1.17 bits per heavy atom. The van der Waals surface area contributed by atoms with Crippen molar-refractivity contribution in [3.8, 4) is 0 Å². The van der Waals surface area contributed by atoms with E-state index in [4.69, 9.17) is 16.3 Å². The van der Waals surface area contributed by atoms with Crippen LogP contribution in [0.2, 0.25) is 5.02 Å². The summed E-state index contributed by atoms with van der Waals surface area (Å²) in [6.45, 7) is 1.75. The predicted molar refractivity (Wildman–Crippen MR) is 89.1 cm³/mol. The molecule has 2 aromatic rings. The van der Waals surface area contributed by atoms with Gasteiger partial charge in [0.05, 0.1) is 11.4 Å². The highest BCUT2D eigenvalue weighted by Gasteiger charge is 2.09. The van der Waals surface area contributed by atoms with Crippen LogP contribution in [0.4, 0.5) is 4.39 Å². The number of hydrogen-bond donors (Lipinski definition) is 1. The van der Waals surface area contributed by atoms with Crippen LogP contribution in [0, 0.1) is 12.7 Å². The van der Waals surface area contributed by atoms with Crippen LogP contribution in [0.1, 0.15) is 16.7 Å². The number of esters is 1. The van der Waals surface area contributed by atoms with Crippen molar-refractivity contribution in [2.75, 3.05) is 6.61 Å². The molecule has 1 amide bonds. The highest BCUT2D eigenvalue weighted by atomic mass is 35.5. The van der Waals surface area contributed by atoms with Crippen LogP contribution >= 0.6 is 11.6 Å². The Morgan fingerprint density at radius 3 is 2.67 bits per heavy atom. The summed E-state index contributed by atoms with van der Waals surface area (Å²) in [5.74, 6) is -1.43. The first-order valence-electron chi connectivity index (χ1n) is 7.36. The zero-order valence-electron chi connectivity index (χ0n) is 13.1. The fourth-order valence-corrected chi connectivity index (χ4v) is 2.29. The van der Waals surface area contributed by atoms with Gasteiger partial charge >= 0.3 is 5.97 Å². The van der Waals surface area contributed by atoms with Crippen LogP contribution < -0.4 is 5.32 Å². The molecule has 1 N–H and O–H groups in total. The quantitative estimate of drug-likeness (QED) is 0.815. The molecular formula is C18H17ClFNO3. The maximum atomic E-state index is 13.0. The summed E-state index contributed by atoms with van der Waals surface area (Å²) in [5, 5.41) is 2.57. The number of nitrogens with one attached hydrogen (secondary N) is 1. The lowest BCUT2D eigenvalue weighted by Gasteiger charge is -2.07. The Kier molecular flexibility index (Phi) is 6.32. The van der Waals surface area contributed by atoms with E-state index in [1.807, 2.05) is 31.2 Å². The van der Waals surface area contributed by atoms with E-state index in [0.717, 1.165) is 11.1 Å². The van der Waals surface area contributed by atoms with Crippen molar-refractivity contribution >= 4 is 23.5 Å². The lowest BCUT2D eigenvalue weighted by molar-refractivity contribution is -0.147. The number of carbonyl (C=O) groups is 2. The number of amides is 1. The Balaban J connectivity index is 1.74. The molecule has 0 atom stereocenters. The number of ether oxygens (including phenoxy) is 1. The Bertz CT molecular complexity index is 749. The molecule has 0 aromatic heterocycles. The first kappa shape index (κ1) is 17.9. The first-order chi connectivity index (χ1) is 11.4. The SMILES string of the molecule is Cc1cccc(CC(=O)OCC(=O)NCc2ccc(F)c(Cl)c2)c1. The number of halogens is 2. The molecule has 0 spiro atoms. The van der Waals surface area contributed by atoms with Gasteiger partial charge in [0.2, 0.25) is 0 Å². The summed E-state index contributed by atoms with van der Waals surface area (Å²) in [5.41, 5.74) is 2.54. The summed E-state index contributed by atoms with van der Waals surface area (Å²) in [6.07, 6.45) is 0.114. The summed E-state index contributed by atoms with van der Waals surface area (Å²) >= 11 is 5.66. The van der Waals surface area contributed by atoms with E-state index in [9.17, 15) is 14.0 Å². The largest absolute Gasteiger partial charge is 0.455 e. The van der Waals surface area contributed by atoms with Gasteiger partial charge in [-0.3, -0.25) is 9.59 Å². The number of benzene rings is 2. The number of rotatable bonds is 6. The van der Waals surface area contributed by atoms with Gasteiger partial charge in [0.25, 0.3) is 5.91 Å². The molecular weight excluding hydrogens is 333 g/mol. The van der Waals surface area contributed by atoms with Crippen LogP contribution in [0.25, 0.3) is 0 Å². The summed E-state index contributed by atoms with van der Waals surface area (Å²) in [7, 11) is 0. The van der Waals surface area contributed by atoms with Gasteiger partial charge in [0.1, 0.15) is 5.82 Å². The third-order valence-electron chi connectivity index (χ3n) is 3.27. The van der Waals surface area contributed by atoms with Gasteiger partial charge in [-0.15, -0.1) is 0 Å². The van der Waals surface area contributed by atoms with Crippen molar-refractivity contribution in [3.63, 3.8) is 0 Å². The van der Waals surface area contributed by atoms with Crippen molar-refractivity contribution in [3.05, 3.63) is 70.0 Å². The summed E-state index contributed by atoms with van der Waals surface area (Å²) in [4.78, 5) is 23.4. The molecule has 0 radical (unpaired) electrons. The molecule has 0 unspecified atom stereocenters. The molecule has 0 bridgehead atoms. The van der Waals surface area contributed by atoms with Crippen molar-refractivity contribution in [2.24, 2.45) is 0 Å². The van der Waals surface area contributed by atoms with E-state index >= 15 is 0 Å². The maximum absolute atomic E-state index is 13.0. The second kappa shape index (κ2) is 8.45. The fourth-order valence-electron chi connectivity index (χ4n) is 2.09. The predicted octanol–water partition coefficient (Wildman–Crippen LogP) is 3.19. The second-order valence-corrected chi connectivity index (χ2v) is 5.76. The molecule has 24 heavy (non-hydrogen) atoms. The third-order valence-corrected chi connectivity index (χ3v) is 3.56. The third kappa shape index (κ3) is 5.66. The average Bonchev–Trinajstić information content (AvgIpc) is 2.54. The summed E-state index contributed by atoms with van der Waals surface area (Å²) < 4.78 is 18.0. The smallest absolute Gasteiger partial charge is 0.310 e. The number of aryl methyl sites for hydroxylation is 1. The van der Waals surface area contributed by atoms with Crippen molar-refractivity contribution in [1.29, 1.82) is 0 Å². The maximum Gasteiger partial charge on any atom is 0.310 e. The molecule has 6 heteroatoms. The second-order valence-electron chi connectivity index (χ2n) is 5.35. The van der Waals surface area contributed by atoms with Crippen LogP contribution in [0.5, 0.6) is 0 Å². The molecule has 0 heterocycles.